The Morgan fingerprint density at radius 2 is 1.83 bits per heavy atom. The number of rotatable bonds is 8. The van der Waals surface area contributed by atoms with E-state index in [1.807, 2.05) is 49.1 Å². The van der Waals surface area contributed by atoms with E-state index in [4.69, 9.17) is 4.74 Å². The zero-order valence-corrected chi connectivity index (χ0v) is 19.6. The number of fused-ring (bicyclic) bond motifs is 2. The molecule has 0 radical (unpaired) electrons. The van der Waals surface area contributed by atoms with E-state index in [-0.39, 0.29) is 18.7 Å². The van der Waals surface area contributed by atoms with Crippen LogP contribution in [0.5, 0.6) is 5.75 Å². The van der Waals surface area contributed by atoms with E-state index in [0.29, 0.717) is 11.3 Å². The van der Waals surface area contributed by atoms with Gasteiger partial charge in [-0.15, -0.1) is 0 Å². The van der Waals surface area contributed by atoms with Crippen LogP contribution in [0.3, 0.4) is 0 Å². The summed E-state index contributed by atoms with van der Waals surface area (Å²) < 4.78 is 6.59. The Hall–Kier alpha value is -3.47. The zero-order chi connectivity index (χ0) is 25.4. The van der Waals surface area contributed by atoms with Crippen LogP contribution in [-0.2, 0) is 10.2 Å². The van der Waals surface area contributed by atoms with Crippen LogP contribution >= 0.6 is 0 Å². The molecule has 10 nitrogen and oxygen atoms in total. The Bertz CT molecular complexity index is 1170. The van der Waals surface area contributed by atoms with Crippen LogP contribution in [0.4, 0.5) is 11.4 Å². The number of nitrogens with zero attached hydrogens (tertiary/aromatic N) is 2. The van der Waals surface area contributed by atoms with Gasteiger partial charge in [-0.1, -0.05) is 18.2 Å². The second-order valence-electron chi connectivity index (χ2n) is 9.46. The van der Waals surface area contributed by atoms with Crippen LogP contribution in [0.25, 0.3) is 6.08 Å². The van der Waals surface area contributed by atoms with Crippen LogP contribution in [0.1, 0.15) is 31.4 Å². The molecule has 0 bridgehead atoms. The van der Waals surface area contributed by atoms with E-state index in [1.165, 1.54) is 12.1 Å². The molecule has 4 rings (SSSR count). The van der Waals surface area contributed by atoms with Crippen LogP contribution < -0.4 is 15.0 Å². The molecule has 0 aromatic heterocycles. The van der Waals surface area contributed by atoms with Gasteiger partial charge in [0.05, 0.1) is 30.2 Å². The van der Waals surface area contributed by atoms with Gasteiger partial charge in [0.25, 0.3) is 5.69 Å². The number of carbonyl (C=O) groups excluding carboxylic acids is 1. The lowest BCUT2D eigenvalue weighted by Gasteiger charge is -2.47. The maximum atomic E-state index is 12.7. The molecule has 2 heterocycles. The molecule has 2 aromatic rings. The van der Waals surface area contributed by atoms with Crippen molar-refractivity contribution in [3.63, 3.8) is 0 Å². The van der Waals surface area contributed by atoms with Crippen molar-refractivity contribution in [3.05, 3.63) is 69.8 Å². The minimum Gasteiger partial charge on any atom is -0.463 e. The van der Waals surface area contributed by atoms with Crippen molar-refractivity contribution in [2.45, 2.75) is 36.9 Å². The largest absolute Gasteiger partial charge is 0.463 e. The summed E-state index contributed by atoms with van der Waals surface area (Å²) >= 11 is 0. The molecular weight excluding hydrogens is 454 g/mol. The summed E-state index contributed by atoms with van der Waals surface area (Å²) in [7, 11) is 0. The third-order valence-corrected chi connectivity index (χ3v) is 7.00. The number of non-ortho nitro benzene ring substituents is 1. The third kappa shape index (κ3) is 3.93. The number of para-hydroxylation sites is 1. The Balaban J connectivity index is 1.68. The van der Waals surface area contributed by atoms with Crippen molar-refractivity contribution in [3.8, 4) is 5.75 Å². The maximum Gasteiger partial charge on any atom is 0.270 e. The molecule has 0 aliphatic carbocycles. The molecule has 4 N–H and O–H groups in total. The molecule has 0 fully saturated rings. The molecule has 2 aromatic carbocycles. The fourth-order valence-corrected chi connectivity index (χ4v) is 4.83. The second-order valence-corrected chi connectivity index (χ2v) is 9.46. The SMILES string of the molecule is CC1(C)c2ccccc2N(CCC(=O)NC(CO)(CO)CO)[C@]12C=Cc1cc([N+](=O)[O-])ccc1O2. The Morgan fingerprint density at radius 1 is 1.14 bits per heavy atom. The maximum absolute atomic E-state index is 12.7. The van der Waals surface area contributed by atoms with Crippen molar-refractivity contribution in [2.24, 2.45) is 0 Å². The molecule has 1 spiro atoms. The summed E-state index contributed by atoms with van der Waals surface area (Å²) in [6.07, 6.45) is 3.68. The summed E-state index contributed by atoms with van der Waals surface area (Å²) in [4.78, 5) is 25.5. The number of ether oxygens (including phenoxy) is 1. The summed E-state index contributed by atoms with van der Waals surface area (Å²) in [5.74, 6) is 0.0450. The van der Waals surface area contributed by atoms with Gasteiger partial charge in [-0.05, 0) is 43.7 Å². The Morgan fingerprint density at radius 3 is 2.49 bits per heavy atom. The minimum absolute atomic E-state index is 0.00175. The highest BCUT2D eigenvalue weighted by Crippen LogP contribution is 2.55. The number of amides is 1. The summed E-state index contributed by atoms with van der Waals surface area (Å²) in [5, 5.41) is 42.3. The van der Waals surface area contributed by atoms with E-state index >= 15 is 0 Å². The first-order chi connectivity index (χ1) is 16.6. The molecule has 10 heteroatoms. The quantitative estimate of drug-likeness (QED) is 0.328. The lowest BCUT2D eigenvalue weighted by molar-refractivity contribution is -0.384. The summed E-state index contributed by atoms with van der Waals surface area (Å²) in [6.45, 7) is 2.50. The lowest BCUT2D eigenvalue weighted by atomic mass is 9.76. The fourth-order valence-electron chi connectivity index (χ4n) is 4.83. The normalized spacial score (nSPS) is 19.7. The number of hydrogen-bond acceptors (Lipinski definition) is 8. The molecule has 0 saturated heterocycles. The van der Waals surface area contributed by atoms with Gasteiger partial charge in [-0.2, -0.15) is 0 Å². The third-order valence-electron chi connectivity index (χ3n) is 7.00. The highest BCUT2D eigenvalue weighted by molar-refractivity contribution is 5.79. The summed E-state index contributed by atoms with van der Waals surface area (Å²) in [5.41, 5.74) is -0.609. The number of anilines is 1. The van der Waals surface area contributed by atoms with E-state index in [2.05, 4.69) is 5.32 Å². The number of benzene rings is 2. The van der Waals surface area contributed by atoms with Gasteiger partial charge < -0.3 is 30.3 Å². The number of nitro groups is 1. The molecule has 1 atom stereocenters. The van der Waals surface area contributed by atoms with Crippen molar-refractivity contribution >= 4 is 23.4 Å². The average Bonchev–Trinajstić information content (AvgIpc) is 3.04. The van der Waals surface area contributed by atoms with E-state index < -0.39 is 47.3 Å². The van der Waals surface area contributed by atoms with Crippen molar-refractivity contribution in [2.75, 3.05) is 31.3 Å². The first-order valence-electron chi connectivity index (χ1n) is 11.3. The van der Waals surface area contributed by atoms with Crippen LogP contribution in [-0.4, -0.2) is 63.8 Å². The number of hydrogen-bond donors (Lipinski definition) is 4. The van der Waals surface area contributed by atoms with E-state index in [9.17, 15) is 30.2 Å². The number of nitrogens with one attached hydrogen (secondary N) is 1. The zero-order valence-electron chi connectivity index (χ0n) is 19.6. The fraction of sp³-hybridized carbons (Fsp3) is 0.400. The monoisotopic (exact) mass is 483 g/mol. The predicted molar refractivity (Wildman–Crippen MR) is 129 cm³/mol. The van der Waals surface area contributed by atoms with Gasteiger partial charge in [0.15, 0.2) is 0 Å². The smallest absolute Gasteiger partial charge is 0.270 e. The van der Waals surface area contributed by atoms with Crippen LogP contribution in [0, 0.1) is 10.1 Å². The highest BCUT2D eigenvalue weighted by atomic mass is 16.6. The first-order valence-corrected chi connectivity index (χ1v) is 11.3. The van der Waals surface area contributed by atoms with Gasteiger partial charge in [0.2, 0.25) is 11.6 Å². The van der Waals surface area contributed by atoms with Gasteiger partial charge in [0.1, 0.15) is 11.3 Å². The molecule has 1 amide bonds. The number of aliphatic hydroxyl groups excluding tert-OH is 3. The molecule has 2 aliphatic rings. The molecule has 35 heavy (non-hydrogen) atoms. The van der Waals surface area contributed by atoms with Gasteiger partial charge >= 0.3 is 0 Å². The minimum atomic E-state index is -1.51. The topological polar surface area (TPSA) is 145 Å². The molecular formula is C25H29N3O7. The second kappa shape index (κ2) is 8.95. The average molecular weight is 484 g/mol. The Kier molecular flexibility index (Phi) is 6.31. The molecule has 186 valence electrons. The molecule has 0 saturated carbocycles. The van der Waals surface area contributed by atoms with E-state index in [1.54, 1.807) is 12.1 Å². The lowest BCUT2D eigenvalue weighted by Crippen LogP contribution is -2.61. The number of aliphatic hydroxyl groups is 3. The van der Waals surface area contributed by atoms with Crippen LogP contribution in [0.15, 0.2) is 48.5 Å². The first kappa shape index (κ1) is 24.6. The molecule has 0 unspecified atom stereocenters. The Labute approximate surface area is 202 Å². The number of nitro benzene ring substituents is 1. The van der Waals surface area contributed by atoms with Crippen molar-refractivity contribution in [1.29, 1.82) is 0 Å². The summed E-state index contributed by atoms with van der Waals surface area (Å²) in [6, 6.07) is 12.2. The number of carbonyl (C=O) groups is 1. The standard InChI is InChI=1S/C25H29N3O7/c1-23(2)19-5-3-4-6-20(19)27(12-10-22(32)26-24(14-29,15-30)16-31)25(23)11-9-17-13-18(28(33)34)7-8-21(17)35-25/h3-9,11,13,29-31H,10,12,14-16H2,1-2H3,(H,26,32)/t25-/m0/s1. The van der Waals surface area contributed by atoms with Crippen LogP contribution in [0.2, 0.25) is 0 Å². The van der Waals surface area contributed by atoms with Gasteiger partial charge in [0, 0.05) is 36.3 Å². The van der Waals surface area contributed by atoms with Gasteiger partial charge in [-0.3, -0.25) is 14.9 Å². The van der Waals surface area contributed by atoms with Crippen molar-refractivity contribution < 1.29 is 29.8 Å². The molecule has 2 aliphatic heterocycles. The van der Waals surface area contributed by atoms with E-state index in [0.717, 1.165) is 11.3 Å². The van der Waals surface area contributed by atoms with Crippen molar-refractivity contribution in [1.82, 2.24) is 5.32 Å². The van der Waals surface area contributed by atoms with Gasteiger partial charge in [-0.25, -0.2) is 0 Å². The highest BCUT2D eigenvalue weighted by Gasteiger charge is 2.58. The predicted octanol–water partition coefficient (Wildman–Crippen LogP) is 1.72.